The van der Waals surface area contributed by atoms with Crippen LogP contribution in [0.5, 0.6) is 0 Å². The van der Waals surface area contributed by atoms with Gasteiger partial charge in [-0.05, 0) is 45.4 Å². The maximum absolute atomic E-state index is 13.0. The highest BCUT2D eigenvalue weighted by Gasteiger charge is 2.31. The first-order valence-electron chi connectivity index (χ1n) is 10.3. The van der Waals surface area contributed by atoms with Crippen molar-refractivity contribution in [2.24, 2.45) is 10.7 Å². The van der Waals surface area contributed by atoms with E-state index in [2.05, 4.69) is 31.2 Å². The number of amides is 1. The first-order chi connectivity index (χ1) is 14.7. The predicted molar refractivity (Wildman–Crippen MR) is 118 cm³/mol. The van der Waals surface area contributed by atoms with Gasteiger partial charge in [-0.15, -0.1) is 0 Å². The van der Waals surface area contributed by atoms with Gasteiger partial charge in [0.2, 0.25) is 5.92 Å². The molecule has 0 aliphatic carbocycles. The van der Waals surface area contributed by atoms with Gasteiger partial charge in [-0.25, -0.2) is 23.7 Å². The third-order valence-electron chi connectivity index (χ3n) is 5.28. The van der Waals surface area contributed by atoms with Crippen molar-refractivity contribution in [3.63, 3.8) is 0 Å². The summed E-state index contributed by atoms with van der Waals surface area (Å²) >= 11 is 0. The number of nitrogens with zero attached hydrogens (tertiary/aromatic N) is 4. The van der Waals surface area contributed by atoms with E-state index in [1.807, 2.05) is 18.2 Å². The molecule has 31 heavy (non-hydrogen) atoms. The van der Waals surface area contributed by atoms with Crippen molar-refractivity contribution in [3.05, 3.63) is 41.9 Å². The lowest BCUT2D eigenvalue weighted by Gasteiger charge is -2.21. The van der Waals surface area contributed by atoms with Crippen molar-refractivity contribution >= 4 is 28.8 Å². The lowest BCUT2D eigenvalue weighted by atomic mass is 9.98. The number of nitrogens with one attached hydrogen (secondary N) is 1. The highest BCUT2D eigenvalue weighted by molar-refractivity contribution is 6.38. The minimum Gasteiger partial charge on any atom is -0.351 e. The normalized spacial score (nSPS) is 16.4. The molecule has 1 aliphatic rings. The molecule has 0 bridgehead atoms. The molecule has 1 aliphatic heterocycles. The summed E-state index contributed by atoms with van der Waals surface area (Å²) in [5.41, 5.74) is 9.31. The quantitative estimate of drug-likeness (QED) is 0.624. The molecule has 2 aromatic rings. The minimum atomic E-state index is -2.83. The summed E-state index contributed by atoms with van der Waals surface area (Å²) < 4.78 is 26.0. The fraction of sp³-hybridized carbons (Fsp3) is 0.455. The van der Waals surface area contributed by atoms with Gasteiger partial charge in [-0.1, -0.05) is 18.2 Å². The third kappa shape index (κ3) is 5.41. The van der Waals surface area contributed by atoms with E-state index >= 15 is 0 Å². The van der Waals surface area contributed by atoms with Gasteiger partial charge in [0.15, 0.2) is 5.82 Å². The number of hydrogen-bond donors (Lipinski definition) is 2. The van der Waals surface area contributed by atoms with Gasteiger partial charge < -0.3 is 16.0 Å². The Bertz CT molecular complexity index is 973. The van der Waals surface area contributed by atoms with Crippen molar-refractivity contribution in [1.82, 2.24) is 15.3 Å². The smallest absolute Gasteiger partial charge is 0.265 e. The standard InChI is InChI=1S/C22H28F2N6O/c1-14-19(29-15(2)21(31)26-11-9-22(3,23)24)20(28-13-27-14)30-12-16(8-10-25)17-6-4-5-7-18(17)30/h4-7,13,16H,8-12,25H2,1-3H3,(H,26,31). The topological polar surface area (TPSA) is 96.5 Å². The minimum absolute atomic E-state index is 0.132. The van der Waals surface area contributed by atoms with Crippen LogP contribution in [0.15, 0.2) is 35.6 Å². The van der Waals surface area contributed by atoms with E-state index in [4.69, 9.17) is 5.73 Å². The summed E-state index contributed by atoms with van der Waals surface area (Å²) in [6.45, 7) is 5.31. The zero-order valence-electron chi connectivity index (χ0n) is 18.0. The van der Waals surface area contributed by atoms with E-state index in [0.29, 0.717) is 30.3 Å². The highest BCUT2D eigenvalue weighted by atomic mass is 19.3. The number of nitrogens with two attached hydrogens (primary N) is 1. The Morgan fingerprint density at radius 3 is 2.81 bits per heavy atom. The molecule has 166 valence electrons. The molecule has 0 radical (unpaired) electrons. The number of halogens is 2. The van der Waals surface area contributed by atoms with Crippen LogP contribution in [0.2, 0.25) is 0 Å². The van der Waals surface area contributed by atoms with Gasteiger partial charge >= 0.3 is 0 Å². The van der Waals surface area contributed by atoms with Crippen LogP contribution in [-0.2, 0) is 4.79 Å². The highest BCUT2D eigenvalue weighted by Crippen LogP contribution is 2.44. The first-order valence-corrected chi connectivity index (χ1v) is 10.3. The number of hydrogen-bond acceptors (Lipinski definition) is 6. The van der Waals surface area contributed by atoms with E-state index in [9.17, 15) is 13.6 Å². The SMILES string of the molecule is CC(=Nc1c(C)ncnc1N1CC(CCN)c2ccccc21)C(=O)NCCC(C)(F)F. The zero-order chi connectivity index (χ0) is 22.6. The molecule has 1 atom stereocenters. The second-order valence-electron chi connectivity index (χ2n) is 7.85. The Hall–Kier alpha value is -2.94. The predicted octanol–water partition coefficient (Wildman–Crippen LogP) is 3.62. The molecule has 7 nitrogen and oxygen atoms in total. The number of carbonyl (C=O) groups excluding carboxylic acids is 1. The maximum atomic E-state index is 13.0. The number of anilines is 2. The summed E-state index contributed by atoms with van der Waals surface area (Å²) in [5.74, 6) is -2.46. The second-order valence-corrected chi connectivity index (χ2v) is 7.85. The third-order valence-corrected chi connectivity index (χ3v) is 5.28. The van der Waals surface area contributed by atoms with Crippen LogP contribution in [0, 0.1) is 6.92 Å². The number of alkyl halides is 2. The Labute approximate surface area is 180 Å². The molecule has 1 aromatic heterocycles. The molecule has 2 heterocycles. The van der Waals surface area contributed by atoms with E-state index in [1.165, 1.54) is 11.9 Å². The van der Waals surface area contributed by atoms with Crippen molar-refractivity contribution in [2.75, 3.05) is 24.5 Å². The Morgan fingerprint density at radius 1 is 1.35 bits per heavy atom. The number of rotatable bonds is 8. The number of aliphatic imine (C=N–C) groups is 1. The average molecular weight is 431 g/mol. The average Bonchev–Trinajstić information content (AvgIpc) is 3.07. The number of carbonyl (C=O) groups is 1. The number of fused-ring (bicyclic) bond motifs is 1. The van der Waals surface area contributed by atoms with Crippen molar-refractivity contribution in [1.29, 1.82) is 0 Å². The van der Waals surface area contributed by atoms with E-state index in [1.54, 1.807) is 13.8 Å². The number of aromatic nitrogens is 2. The lowest BCUT2D eigenvalue weighted by molar-refractivity contribution is -0.115. The van der Waals surface area contributed by atoms with Crippen molar-refractivity contribution < 1.29 is 13.6 Å². The molecule has 0 fully saturated rings. The monoisotopic (exact) mass is 430 g/mol. The molecule has 3 rings (SSSR count). The van der Waals surface area contributed by atoms with Crippen LogP contribution in [0.3, 0.4) is 0 Å². The summed E-state index contributed by atoms with van der Waals surface area (Å²) in [4.78, 5) is 27.6. The fourth-order valence-electron chi connectivity index (χ4n) is 3.67. The number of benzene rings is 1. The van der Waals surface area contributed by atoms with Crippen LogP contribution in [0.25, 0.3) is 0 Å². The van der Waals surface area contributed by atoms with Crippen LogP contribution in [0.1, 0.15) is 43.9 Å². The number of para-hydroxylation sites is 1. The lowest BCUT2D eigenvalue weighted by Crippen LogP contribution is -2.32. The molecule has 9 heteroatoms. The molecule has 1 unspecified atom stereocenters. The fourth-order valence-corrected chi connectivity index (χ4v) is 3.67. The summed E-state index contributed by atoms with van der Waals surface area (Å²) in [5, 5.41) is 2.49. The molecule has 1 amide bonds. The van der Waals surface area contributed by atoms with Crippen LogP contribution in [-0.4, -0.2) is 47.1 Å². The van der Waals surface area contributed by atoms with E-state index < -0.39 is 18.3 Å². The largest absolute Gasteiger partial charge is 0.351 e. The summed E-state index contributed by atoms with van der Waals surface area (Å²) in [7, 11) is 0. The summed E-state index contributed by atoms with van der Waals surface area (Å²) in [6.07, 6.45) is 1.89. The van der Waals surface area contributed by atoms with Gasteiger partial charge in [0.1, 0.15) is 17.7 Å². The van der Waals surface area contributed by atoms with Gasteiger partial charge in [0, 0.05) is 31.1 Å². The van der Waals surface area contributed by atoms with Gasteiger partial charge in [0.05, 0.1) is 5.69 Å². The molecule has 0 saturated heterocycles. The Kier molecular flexibility index (Phi) is 6.94. The molecule has 3 N–H and O–H groups in total. The van der Waals surface area contributed by atoms with Gasteiger partial charge in [-0.2, -0.15) is 0 Å². The van der Waals surface area contributed by atoms with Crippen LogP contribution < -0.4 is 16.0 Å². The number of aryl methyl sites for hydroxylation is 1. The second kappa shape index (κ2) is 9.47. The van der Waals surface area contributed by atoms with E-state index in [0.717, 1.165) is 19.0 Å². The molecular formula is C22H28F2N6O. The van der Waals surface area contributed by atoms with Crippen molar-refractivity contribution in [2.45, 2.75) is 45.5 Å². The zero-order valence-corrected chi connectivity index (χ0v) is 18.0. The summed E-state index contributed by atoms with van der Waals surface area (Å²) in [6, 6.07) is 8.09. The molecule has 1 aromatic carbocycles. The molecular weight excluding hydrogens is 402 g/mol. The Balaban J connectivity index is 1.89. The van der Waals surface area contributed by atoms with Crippen LogP contribution in [0.4, 0.5) is 26.0 Å². The molecule has 0 saturated carbocycles. The molecule has 0 spiro atoms. The Morgan fingerprint density at radius 2 is 2.10 bits per heavy atom. The maximum Gasteiger partial charge on any atom is 0.265 e. The van der Waals surface area contributed by atoms with Crippen molar-refractivity contribution in [3.8, 4) is 0 Å². The van der Waals surface area contributed by atoms with E-state index in [-0.39, 0.29) is 18.2 Å². The van der Waals surface area contributed by atoms with Crippen LogP contribution >= 0.6 is 0 Å². The first kappa shape index (κ1) is 22.7. The van der Waals surface area contributed by atoms with Gasteiger partial charge in [-0.3, -0.25) is 4.79 Å². The van der Waals surface area contributed by atoms with Gasteiger partial charge in [0.25, 0.3) is 5.91 Å².